The Balaban J connectivity index is 1.79. The Morgan fingerprint density at radius 1 is 1.00 bits per heavy atom. The van der Waals surface area contributed by atoms with Crippen molar-refractivity contribution in [1.82, 2.24) is 10.6 Å². The van der Waals surface area contributed by atoms with Gasteiger partial charge in [0.1, 0.15) is 11.6 Å². The highest BCUT2D eigenvalue weighted by atomic mass is 19.1. The summed E-state index contributed by atoms with van der Waals surface area (Å²) in [5, 5.41) is 5.35. The summed E-state index contributed by atoms with van der Waals surface area (Å²) in [4.78, 5) is 23.9. The molecule has 2 aromatic rings. The lowest BCUT2D eigenvalue weighted by atomic mass is 9.88. The van der Waals surface area contributed by atoms with E-state index in [4.69, 9.17) is 0 Å². The summed E-state index contributed by atoms with van der Waals surface area (Å²) in [5.41, 5.74) is 0.911. The van der Waals surface area contributed by atoms with Gasteiger partial charge in [-0.3, -0.25) is 9.59 Å². The van der Waals surface area contributed by atoms with Crippen LogP contribution < -0.4 is 10.6 Å². The molecule has 2 aromatic carbocycles. The van der Waals surface area contributed by atoms with Crippen LogP contribution in [0.4, 0.5) is 8.78 Å². The maximum Gasteiger partial charge on any atom is 0.254 e. The average Bonchev–Trinajstić information content (AvgIpc) is 2.62. The van der Waals surface area contributed by atoms with Gasteiger partial charge in [-0.05, 0) is 23.6 Å². The van der Waals surface area contributed by atoms with Gasteiger partial charge in [-0.2, -0.15) is 0 Å². The standard InChI is InChI=1S/C21H24F2N2O2/c1-14(2)18(15-6-4-3-5-7-15)13-25-20(26)10-11-24-21(27)17-9-8-16(22)12-19(17)23/h3-9,12,14,18H,10-11,13H2,1-2H3,(H,24,27)(H,25,26). The highest BCUT2D eigenvalue weighted by Crippen LogP contribution is 2.23. The second-order valence-corrected chi connectivity index (χ2v) is 6.70. The molecule has 0 saturated heterocycles. The largest absolute Gasteiger partial charge is 0.355 e. The molecule has 27 heavy (non-hydrogen) atoms. The van der Waals surface area contributed by atoms with Crippen LogP contribution in [0.25, 0.3) is 0 Å². The summed E-state index contributed by atoms with van der Waals surface area (Å²) in [6.45, 7) is 4.77. The van der Waals surface area contributed by atoms with E-state index in [0.717, 1.165) is 17.7 Å². The van der Waals surface area contributed by atoms with E-state index in [-0.39, 0.29) is 30.4 Å². The Hall–Kier alpha value is -2.76. The first kappa shape index (κ1) is 20.6. The Morgan fingerprint density at radius 2 is 1.70 bits per heavy atom. The lowest BCUT2D eigenvalue weighted by Crippen LogP contribution is -2.34. The minimum absolute atomic E-state index is 0.0686. The fourth-order valence-electron chi connectivity index (χ4n) is 2.81. The van der Waals surface area contributed by atoms with E-state index < -0.39 is 17.5 Å². The van der Waals surface area contributed by atoms with Crippen molar-refractivity contribution in [3.63, 3.8) is 0 Å². The smallest absolute Gasteiger partial charge is 0.254 e. The van der Waals surface area contributed by atoms with Gasteiger partial charge in [-0.1, -0.05) is 44.2 Å². The topological polar surface area (TPSA) is 58.2 Å². The van der Waals surface area contributed by atoms with E-state index in [0.29, 0.717) is 18.5 Å². The number of hydrogen-bond donors (Lipinski definition) is 2. The first-order valence-corrected chi connectivity index (χ1v) is 8.93. The van der Waals surface area contributed by atoms with E-state index >= 15 is 0 Å². The van der Waals surface area contributed by atoms with Gasteiger partial charge in [0.15, 0.2) is 0 Å². The van der Waals surface area contributed by atoms with E-state index in [9.17, 15) is 18.4 Å². The number of carbonyl (C=O) groups is 2. The number of hydrogen-bond acceptors (Lipinski definition) is 2. The van der Waals surface area contributed by atoms with Crippen molar-refractivity contribution in [3.05, 3.63) is 71.3 Å². The number of halogens is 2. The van der Waals surface area contributed by atoms with Crippen molar-refractivity contribution in [2.24, 2.45) is 5.92 Å². The van der Waals surface area contributed by atoms with Crippen LogP contribution in [-0.4, -0.2) is 24.9 Å². The predicted octanol–water partition coefficient (Wildman–Crippen LogP) is 3.64. The van der Waals surface area contributed by atoms with Crippen molar-refractivity contribution in [3.8, 4) is 0 Å². The quantitative estimate of drug-likeness (QED) is 0.741. The van der Waals surface area contributed by atoms with Gasteiger partial charge in [0.2, 0.25) is 5.91 Å². The molecule has 2 N–H and O–H groups in total. The maximum absolute atomic E-state index is 13.6. The molecule has 6 heteroatoms. The molecule has 0 radical (unpaired) electrons. The summed E-state index contributed by atoms with van der Waals surface area (Å²) in [5.74, 6) is -2.01. The van der Waals surface area contributed by atoms with Crippen molar-refractivity contribution in [2.45, 2.75) is 26.2 Å². The third-order valence-electron chi connectivity index (χ3n) is 4.36. The van der Waals surface area contributed by atoms with Crippen LogP contribution in [-0.2, 0) is 4.79 Å². The van der Waals surface area contributed by atoms with Crippen LogP contribution in [0.3, 0.4) is 0 Å². The summed E-state index contributed by atoms with van der Waals surface area (Å²) < 4.78 is 26.4. The maximum atomic E-state index is 13.6. The van der Waals surface area contributed by atoms with Gasteiger partial charge < -0.3 is 10.6 Å². The van der Waals surface area contributed by atoms with Gasteiger partial charge in [-0.15, -0.1) is 0 Å². The van der Waals surface area contributed by atoms with Crippen LogP contribution in [0.15, 0.2) is 48.5 Å². The lowest BCUT2D eigenvalue weighted by molar-refractivity contribution is -0.121. The number of rotatable bonds is 8. The monoisotopic (exact) mass is 374 g/mol. The highest BCUT2D eigenvalue weighted by Gasteiger charge is 2.17. The van der Waals surface area contributed by atoms with Crippen LogP contribution in [0.1, 0.15) is 42.1 Å². The summed E-state index contributed by atoms with van der Waals surface area (Å²) in [7, 11) is 0. The Bertz CT molecular complexity index is 779. The molecule has 4 nitrogen and oxygen atoms in total. The highest BCUT2D eigenvalue weighted by molar-refractivity contribution is 5.94. The molecule has 0 aliphatic carbocycles. The first-order valence-electron chi connectivity index (χ1n) is 8.93. The van der Waals surface area contributed by atoms with Gasteiger partial charge in [0.05, 0.1) is 5.56 Å². The predicted molar refractivity (Wildman–Crippen MR) is 100 cm³/mol. The molecule has 0 saturated carbocycles. The normalized spacial score (nSPS) is 11.9. The fourth-order valence-corrected chi connectivity index (χ4v) is 2.81. The molecule has 2 rings (SSSR count). The zero-order valence-electron chi connectivity index (χ0n) is 15.5. The molecule has 2 amide bonds. The van der Waals surface area contributed by atoms with Crippen molar-refractivity contribution < 1.29 is 18.4 Å². The molecular formula is C21H24F2N2O2. The molecule has 0 fully saturated rings. The van der Waals surface area contributed by atoms with E-state index in [1.807, 2.05) is 30.3 Å². The summed E-state index contributed by atoms with van der Waals surface area (Å²) >= 11 is 0. The molecule has 0 heterocycles. The van der Waals surface area contributed by atoms with Crippen LogP contribution in [0.5, 0.6) is 0 Å². The zero-order chi connectivity index (χ0) is 19.8. The zero-order valence-corrected chi connectivity index (χ0v) is 15.5. The average molecular weight is 374 g/mol. The molecule has 0 bridgehead atoms. The fraction of sp³-hybridized carbons (Fsp3) is 0.333. The van der Waals surface area contributed by atoms with Crippen molar-refractivity contribution in [1.29, 1.82) is 0 Å². The third kappa shape index (κ3) is 6.16. The van der Waals surface area contributed by atoms with Crippen LogP contribution in [0, 0.1) is 17.6 Å². The number of amides is 2. The van der Waals surface area contributed by atoms with Crippen molar-refractivity contribution in [2.75, 3.05) is 13.1 Å². The molecule has 0 spiro atoms. The molecule has 1 atom stereocenters. The second kappa shape index (κ2) is 9.80. The third-order valence-corrected chi connectivity index (χ3v) is 4.36. The van der Waals surface area contributed by atoms with Crippen LogP contribution >= 0.6 is 0 Å². The van der Waals surface area contributed by atoms with E-state index in [2.05, 4.69) is 24.5 Å². The van der Waals surface area contributed by atoms with Gasteiger partial charge in [-0.25, -0.2) is 8.78 Å². The number of nitrogens with one attached hydrogen (secondary N) is 2. The molecule has 144 valence electrons. The number of carbonyl (C=O) groups excluding carboxylic acids is 2. The SMILES string of the molecule is CC(C)C(CNC(=O)CCNC(=O)c1ccc(F)cc1F)c1ccccc1. The lowest BCUT2D eigenvalue weighted by Gasteiger charge is -2.22. The second-order valence-electron chi connectivity index (χ2n) is 6.70. The van der Waals surface area contributed by atoms with Crippen LogP contribution in [0.2, 0.25) is 0 Å². The Kier molecular flexibility index (Phi) is 7.46. The first-order chi connectivity index (χ1) is 12.9. The van der Waals surface area contributed by atoms with Crippen molar-refractivity contribution >= 4 is 11.8 Å². The Labute approximate surface area is 158 Å². The van der Waals surface area contributed by atoms with E-state index in [1.165, 1.54) is 0 Å². The summed E-state index contributed by atoms with van der Waals surface area (Å²) in [6, 6.07) is 12.7. The molecule has 0 aliphatic heterocycles. The van der Waals surface area contributed by atoms with E-state index in [1.54, 1.807) is 0 Å². The number of benzene rings is 2. The van der Waals surface area contributed by atoms with Gasteiger partial charge in [0, 0.05) is 31.5 Å². The minimum Gasteiger partial charge on any atom is -0.355 e. The minimum atomic E-state index is -0.931. The molecular weight excluding hydrogens is 350 g/mol. The molecule has 0 aromatic heterocycles. The van der Waals surface area contributed by atoms with Gasteiger partial charge >= 0.3 is 0 Å². The molecule has 1 unspecified atom stereocenters. The van der Waals surface area contributed by atoms with Gasteiger partial charge in [0.25, 0.3) is 5.91 Å². The Morgan fingerprint density at radius 3 is 2.33 bits per heavy atom. The summed E-state index contributed by atoms with van der Waals surface area (Å²) in [6.07, 6.45) is 0.0775. The molecule has 0 aliphatic rings.